The van der Waals surface area contributed by atoms with Gasteiger partial charge in [-0.2, -0.15) is 0 Å². The summed E-state index contributed by atoms with van der Waals surface area (Å²) in [6.07, 6.45) is 0.253. The number of esters is 1. The molecule has 0 N–H and O–H groups in total. The largest absolute Gasteiger partial charge is 0.540 e. The fourth-order valence-electron chi connectivity index (χ4n) is 1.38. The molecule has 0 aromatic heterocycles. The van der Waals surface area contributed by atoms with Crippen LogP contribution in [0, 0.1) is 0 Å². The summed E-state index contributed by atoms with van der Waals surface area (Å²) in [7, 11) is -2.88. The smallest absolute Gasteiger partial charge is 0.461 e. The highest BCUT2D eigenvalue weighted by Gasteiger charge is 2.42. The molecule has 0 fully saturated rings. The maximum Gasteiger partial charge on any atom is 0.540 e. The first kappa shape index (κ1) is 17.3. The quantitative estimate of drug-likeness (QED) is 0.347. The van der Waals surface area contributed by atoms with Gasteiger partial charge in [-0.3, -0.25) is 4.79 Å². The molecule has 0 aromatic rings. The summed E-state index contributed by atoms with van der Waals surface area (Å²) in [5.41, 5.74) is 0.761. The zero-order chi connectivity index (χ0) is 14.0. The predicted octanol–water partition coefficient (Wildman–Crippen LogP) is 2.08. The van der Waals surface area contributed by atoms with Crippen LogP contribution in [0.2, 0.25) is 0 Å². The molecule has 0 aliphatic carbocycles. The SMILES string of the molecule is C=C(C)CC(=O)OC[Si](OCC)(OCC)OCC. The van der Waals surface area contributed by atoms with Crippen molar-refractivity contribution in [3.63, 3.8) is 0 Å². The first-order valence-corrected chi connectivity index (χ1v) is 8.14. The average Bonchev–Trinajstić information content (AvgIpc) is 2.27. The summed E-state index contributed by atoms with van der Waals surface area (Å²) in [5, 5.41) is 0. The van der Waals surface area contributed by atoms with Crippen molar-refractivity contribution in [1.82, 2.24) is 0 Å². The molecule has 0 saturated carbocycles. The first-order chi connectivity index (χ1) is 8.49. The minimum absolute atomic E-state index is 0.0502. The Kier molecular flexibility index (Phi) is 8.91. The predicted molar refractivity (Wildman–Crippen MR) is 71.0 cm³/mol. The maximum atomic E-state index is 11.5. The van der Waals surface area contributed by atoms with Crippen LogP contribution >= 0.6 is 0 Å². The van der Waals surface area contributed by atoms with Gasteiger partial charge in [0.2, 0.25) is 0 Å². The van der Waals surface area contributed by atoms with Crippen molar-refractivity contribution in [2.75, 3.05) is 26.1 Å². The van der Waals surface area contributed by atoms with Crippen molar-refractivity contribution in [2.24, 2.45) is 0 Å². The number of carbonyl (C=O) groups excluding carboxylic acids is 1. The second kappa shape index (κ2) is 9.27. The molecular formula is C12H24O5Si. The van der Waals surface area contributed by atoms with Gasteiger partial charge in [0.1, 0.15) is 0 Å². The molecule has 0 bridgehead atoms. The molecule has 0 unspecified atom stereocenters. The van der Waals surface area contributed by atoms with Crippen molar-refractivity contribution in [3.8, 4) is 0 Å². The average molecular weight is 276 g/mol. The van der Waals surface area contributed by atoms with Crippen LogP contribution in [0.25, 0.3) is 0 Å². The van der Waals surface area contributed by atoms with Gasteiger partial charge in [-0.05, 0) is 27.7 Å². The number of rotatable bonds is 10. The van der Waals surface area contributed by atoms with Crippen molar-refractivity contribution in [3.05, 3.63) is 12.2 Å². The Labute approximate surface area is 110 Å². The lowest BCUT2D eigenvalue weighted by Crippen LogP contribution is -2.51. The Balaban J connectivity index is 4.45. The molecule has 0 atom stereocenters. The van der Waals surface area contributed by atoms with Gasteiger partial charge in [-0.1, -0.05) is 12.2 Å². The molecule has 5 nitrogen and oxygen atoms in total. The van der Waals surface area contributed by atoms with Crippen LogP contribution < -0.4 is 0 Å². The number of carbonyl (C=O) groups is 1. The molecule has 0 rings (SSSR count). The van der Waals surface area contributed by atoms with Crippen molar-refractivity contribution in [2.45, 2.75) is 34.1 Å². The van der Waals surface area contributed by atoms with Crippen molar-refractivity contribution >= 4 is 14.8 Å². The normalized spacial score (nSPS) is 11.3. The summed E-state index contributed by atoms with van der Waals surface area (Å²) in [6, 6.07) is 0. The minimum atomic E-state index is -2.88. The molecule has 0 amide bonds. The molecule has 6 heteroatoms. The summed E-state index contributed by atoms with van der Waals surface area (Å²) in [6.45, 7) is 12.4. The van der Waals surface area contributed by atoms with E-state index in [4.69, 9.17) is 18.0 Å². The molecule has 0 aromatic carbocycles. The van der Waals surface area contributed by atoms with Crippen LogP contribution in [0.1, 0.15) is 34.1 Å². The fourth-order valence-corrected chi connectivity index (χ4v) is 3.53. The van der Waals surface area contributed by atoms with Gasteiger partial charge < -0.3 is 18.0 Å². The van der Waals surface area contributed by atoms with Crippen molar-refractivity contribution < 1.29 is 22.8 Å². The highest BCUT2D eigenvalue weighted by Crippen LogP contribution is 2.11. The minimum Gasteiger partial charge on any atom is -0.461 e. The molecule has 18 heavy (non-hydrogen) atoms. The van der Waals surface area contributed by atoms with Crippen LogP contribution in [-0.4, -0.2) is 40.8 Å². The van der Waals surface area contributed by atoms with E-state index in [0.29, 0.717) is 19.8 Å². The van der Waals surface area contributed by atoms with E-state index in [2.05, 4.69) is 6.58 Å². The van der Waals surface area contributed by atoms with Crippen LogP contribution in [0.4, 0.5) is 0 Å². The number of hydrogen-bond acceptors (Lipinski definition) is 5. The summed E-state index contributed by atoms with van der Waals surface area (Å²) in [5.74, 6) is -0.335. The fraction of sp³-hybridized carbons (Fsp3) is 0.750. The van der Waals surface area contributed by atoms with E-state index in [0.717, 1.165) is 5.57 Å². The van der Waals surface area contributed by atoms with E-state index in [1.165, 1.54) is 0 Å². The molecule has 0 aliphatic heterocycles. The van der Waals surface area contributed by atoms with Crippen LogP contribution in [0.5, 0.6) is 0 Å². The molecule has 0 heterocycles. The van der Waals surface area contributed by atoms with Gasteiger partial charge in [-0.25, -0.2) is 0 Å². The van der Waals surface area contributed by atoms with E-state index in [1.807, 2.05) is 20.8 Å². The Morgan fingerprint density at radius 2 is 1.50 bits per heavy atom. The second-order valence-electron chi connectivity index (χ2n) is 3.78. The Hall–Kier alpha value is -0.693. The molecule has 0 spiro atoms. The molecule has 0 radical (unpaired) electrons. The third kappa shape index (κ3) is 6.90. The first-order valence-electron chi connectivity index (χ1n) is 6.21. The summed E-state index contributed by atoms with van der Waals surface area (Å²) >= 11 is 0. The number of hydrogen-bond donors (Lipinski definition) is 0. The third-order valence-corrected chi connectivity index (χ3v) is 4.63. The zero-order valence-corrected chi connectivity index (χ0v) is 12.8. The second-order valence-corrected chi connectivity index (χ2v) is 6.30. The standard InChI is InChI=1S/C12H24O5Si/c1-6-15-18(16-7-2,17-8-3)10-14-12(13)9-11(4)5/h4,6-10H2,1-3,5H3. The van der Waals surface area contributed by atoms with Gasteiger partial charge >= 0.3 is 14.8 Å². The maximum absolute atomic E-state index is 11.5. The Morgan fingerprint density at radius 3 is 1.83 bits per heavy atom. The molecule has 106 valence electrons. The molecule has 0 saturated heterocycles. The Bertz CT molecular complexity index is 250. The number of ether oxygens (including phenoxy) is 1. The zero-order valence-electron chi connectivity index (χ0n) is 11.8. The van der Waals surface area contributed by atoms with Crippen LogP contribution in [0.3, 0.4) is 0 Å². The monoisotopic (exact) mass is 276 g/mol. The lowest BCUT2D eigenvalue weighted by molar-refractivity contribution is -0.142. The van der Waals surface area contributed by atoms with Crippen LogP contribution in [-0.2, 0) is 22.8 Å². The lowest BCUT2D eigenvalue weighted by atomic mass is 10.2. The van der Waals surface area contributed by atoms with E-state index in [9.17, 15) is 4.79 Å². The van der Waals surface area contributed by atoms with E-state index < -0.39 is 8.80 Å². The van der Waals surface area contributed by atoms with Gasteiger partial charge in [-0.15, -0.1) is 0 Å². The van der Waals surface area contributed by atoms with E-state index in [-0.39, 0.29) is 18.6 Å². The van der Waals surface area contributed by atoms with Crippen LogP contribution in [0.15, 0.2) is 12.2 Å². The highest BCUT2D eigenvalue weighted by atomic mass is 28.4. The van der Waals surface area contributed by atoms with E-state index >= 15 is 0 Å². The third-order valence-electron chi connectivity index (χ3n) is 1.95. The molecular weight excluding hydrogens is 252 g/mol. The highest BCUT2D eigenvalue weighted by molar-refractivity contribution is 6.60. The van der Waals surface area contributed by atoms with Gasteiger partial charge in [0.25, 0.3) is 0 Å². The lowest BCUT2D eigenvalue weighted by Gasteiger charge is -2.27. The van der Waals surface area contributed by atoms with Crippen molar-refractivity contribution in [1.29, 1.82) is 0 Å². The van der Waals surface area contributed by atoms with E-state index in [1.54, 1.807) is 6.92 Å². The van der Waals surface area contributed by atoms with Gasteiger partial charge in [0, 0.05) is 19.8 Å². The summed E-state index contributed by atoms with van der Waals surface area (Å²) < 4.78 is 21.8. The Morgan fingerprint density at radius 1 is 1.06 bits per heavy atom. The topological polar surface area (TPSA) is 54.0 Å². The van der Waals surface area contributed by atoms with Gasteiger partial charge in [0.15, 0.2) is 6.23 Å². The summed E-state index contributed by atoms with van der Waals surface area (Å²) in [4.78, 5) is 11.5. The van der Waals surface area contributed by atoms with Gasteiger partial charge in [0.05, 0.1) is 6.42 Å². The molecule has 0 aliphatic rings.